The first kappa shape index (κ1) is 18.0. The van der Waals surface area contributed by atoms with Crippen molar-refractivity contribution in [1.82, 2.24) is 9.80 Å². The van der Waals surface area contributed by atoms with Gasteiger partial charge in [0, 0.05) is 55.7 Å². The molecular weight excluding hydrogens is 261 g/mol. The molecule has 0 atom stereocenters. The van der Waals surface area contributed by atoms with Crippen molar-refractivity contribution in [3.05, 3.63) is 0 Å². The molecule has 7 heteroatoms. The van der Waals surface area contributed by atoms with Crippen LogP contribution in [0.3, 0.4) is 0 Å². The third-order valence-electron chi connectivity index (χ3n) is 2.46. The van der Waals surface area contributed by atoms with E-state index in [1.54, 1.807) is 4.90 Å². The number of amides is 1. The van der Waals surface area contributed by atoms with Crippen molar-refractivity contribution in [2.24, 2.45) is 5.73 Å². The Labute approximate surface area is 136 Å². The zero-order valence-corrected chi connectivity index (χ0v) is 14.5. The first-order valence-electron chi connectivity index (χ1n) is 5.82. The maximum absolute atomic E-state index is 11.9. The molecule has 0 aromatic carbocycles. The molecule has 1 heterocycles. The fourth-order valence-electron chi connectivity index (χ4n) is 1.65. The van der Waals surface area contributed by atoms with E-state index in [0.717, 1.165) is 13.0 Å². The van der Waals surface area contributed by atoms with E-state index in [1.807, 2.05) is 25.7 Å². The first-order chi connectivity index (χ1) is 7.79. The summed E-state index contributed by atoms with van der Waals surface area (Å²) in [6.07, 6.45) is 0.596. The number of carbonyl (C=O) groups is 1. The monoisotopic (exact) mass is 282 g/mol. The van der Waals surface area contributed by atoms with E-state index >= 15 is 0 Å². The Morgan fingerprint density at radius 1 is 1.17 bits per heavy atom. The van der Waals surface area contributed by atoms with Crippen molar-refractivity contribution in [2.75, 3.05) is 26.2 Å². The molecule has 0 aromatic heterocycles. The maximum Gasteiger partial charge on any atom is 0.410 e. The molecule has 2 N–H and O–H groups in total. The van der Waals surface area contributed by atoms with E-state index < -0.39 is 5.60 Å². The van der Waals surface area contributed by atoms with Crippen LogP contribution in [-0.4, -0.2) is 82.3 Å². The van der Waals surface area contributed by atoms with E-state index in [4.69, 9.17) is 22.7 Å². The SMILES string of the molecule is CC(C)(C)OC(=O)N1CCCN(C(N)=S)CC1.[Na]. The van der Waals surface area contributed by atoms with E-state index in [9.17, 15) is 4.79 Å². The smallest absolute Gasteiger partial charge is 0.410 e. The molecule has 0 spiro atoms. The van der Waals surface area contributed by atoms with Crippen LogP contribution in [0.25, 0.3) is 0 Å². The second-order valence-electron chi connectivity index (χ2n) is 5.15. The molecule has 1 fully saturated rings. The second kappa shape index (κ2) is 7.53. The Hall–Kier alpha value is -0.0400. The van der Waals surface area contributed by atoms with Crippen LogP contribution in [0.2, 0.25) is 0 Å². The van der Waals surface area contributed by atoms with Gasteiger partial charge in [-0.05, 0) is 39.4 Å². The number of rotatable bonds is 0. The molecule has 1 radical (unpaired) electrons. The Morgan fingerprint density at radius 3 is 2.17 bits per heavy atom. The number of carbonyl (C=O) groups excluding carboxylic acids is 1. The predicted molar refractivity (Wildman–Crippen MR) is 76.5 cm³/mol. The van der Waals surface area contributed by atoms with Crippen LogP contribution in [0, 0.1) is 0 Å². The summed E-state index contributed by atoms with van der Waals surface area (Å²) in [6.45, 7) is 8.36. The number of hydrogen-bond acceptors (Lipinski definition) is 3. The minimum atomic E-state index is -0.452. The van der Waals surface area contributed by atoms with Gasteiger partial charge in [0.15, 0.2) is 5.11 Å². The Kier molecular flexibility index (Phi) is 7.51. The van der Waals surface area contributed by atoms with Gasteiger partial charge >= 0.3 is 6.09 Å². The van der Waals surface area contributed by atoms with Crippen molar-refractivity contribution in [2.45, 2.75) is 32.8 Å². The molecule has 1 aliphatic rings. The van der Waals surface area contributed by atoms with Crippen molar-refractivity contribution < 1.29 is 9.53 Å². The molecule has 0 aliphatic carbocycles. The summed E-state index contributed by atoms with van der Waals surface area (Å²) < 4.78 is 5.33. The van der Waals surface area contributed by atoms with Crippen LogP contribution >= 0.6 is 12.2 Å². The molecule has 0 saturated carbocycles. The second-order valence-corrected chi connectivity index (χ2v) is 5.56. The van der Waals surface area contributed by atoms with Crippen LogP contribution in [0.1, 0.15) is 27.2 Å². The van der Waals surface area contributed by atoms with Gasteiger partial charge in [-0.15, -0.1) is 0 Å². The molecule has 0 unspecified atom stereocenters. The zero-order valence-electron chi connectivity index (χ0n) is 11.7. The summed E-state index contributed by atoms with van der Waals surface area (Å²) in [5.41, 5.74) is 5.13. The van der Waals surface area contributed by atoms with Crippen LogP contribution in [-0.2, 0) is 4.74 Å². The minimum absolute atomic E-state index is 0. The zero-order chi connectivity index (χ0) is 13.1. The summed E-state index contributed by atoms with van der Waals surface area (Å²) >= 11 is 4.94. The van der Waals surface area contributed by atoms with Gasteiger partial charge in [-0.1, -0.05) is 0 Å². The number of thiocarbonyl (C=S) groups is 1. The Bertz CT molecular complexity index is 307. The molecule has 1 saturated heterocycles. The van der Waals surface area contributed by atoms with E-state index in [1.165, 1.54) is 0 Å². The largest absolute Gasteiger partial charge is 0.444 e. The maximum atomic E-state index is 11.9. The van der Waals surface area contributed by atoms with Crippen molar-refractivity contribution in [1.29, 1.82) is 0 Å². The third-order valence-corrected chi connectivity index (χ3v) is 2.72. The molecule has 5 nitrogen and oxygen atoms in total. The minimum Gasteiger partial charge on any atom is -0.444 e. The topological polar surface area (TPSA) is 58.8 Å². The van der Waals surface area contributed by atoms with Gasteiger partial charge in [-0.2, -0.15) is 0 Å². The number of hydrogen-bond donors (Lipinski definition) is 1. The predicted octanol–water partition coefficient (Wildman–Crippen LogP) is 0.792. The standard InChI is InChI=1S/C11H21N3O2S.Na/c1-11(2,3)16-10(15)14-6-4-5-13(7-8-14)9(12)17;/h4-8H2,1-3H3,(H2,12,17);. The van der Waals surface area contributed by atoms with Gasteiger partial charge in [0.25, 0.3) is 0 Å². The quantitative estimate of drug-likeness (QED) is 0.526. The van der Waals surface area contributed by atoms with Crippen molar-refractivity contribution in [3.63, 3.8) is 0 Å². The van der Waals surface area contributed by atoms with E-state index in [-0.39, 0.29) is 35.7 Å². The summed E-state index contributed by atoms with van der Waals surface area (Å²) in [4.78, 5) is 15.5. The number of nitrogens with two attached hydrogens (primary N) is 1. The summed E-state index contributed by atoms with van der Waals surface area (Å²) in [6, 6.07) is 0. The fourth-order valence-corrected chi connectivity index (χ4v) is 1.83. The fraction of sp³-hybridized carbons (Fsp3) is 0.818. The van der Waals surface area contributed by atoms with E-state index in [2.05, 4.69) is 0 Å². The molecule has 0 aromatic rings. The Morgan fingerprint density at radius 2 is 1.67 bits per heavy atom. The summed E-state index contributed by atoms with van der Waals surface area (Å²) in [5, 5.41) is 0.399. The van der Waals surface area contributed by atoms with Gasteiger partial charge in [-0.25, -0.2) is 4.79 Å². The molecule has 0 bridgehead atoms. The average Bonchev–Trinajstić information content (AvgIpc) is 2.39. The molecule has 1 amide bonds. The molecular formula is C11H21N3NaO2S. The number of ether oxygens (including phenoxy) is 1. The molecule has 99 valence electrons. The third kappa shape index (κ3) is 6.22. The van der Waals surface area contributed by atoms with Gasteiger partial charge in [0.2, 0.25) is 0 Å². The molecule has 1 aliphatic heterocycles. The van der Waals surface area contributed by atoms with Crippen LogP contribution in [0.4, 0.5) is 4.79 Å². The number of nitrogens with zero attached hydrogens (tertiary/aromatic N) is 2. The summed E-state index contributed by atoms with van der Waals surface area (Å²) in [5.74, 6) is 0. The van der Waals surface area contributed by atoms with Crippen molar-refractivity contribution >= 4 is 53.0 Å². The van der Waals surface area contributed by atoms with Gasteiger partial charge in [0.05, 0.1) is 0 Å². The molecule has 18 heavy (non-hydrogen) atoms. The summed E-state index contributed by atoms with van der Waals surface area (Å²) in [7, 11) is 0. The van der Waals surface area contributed by atoms with Crippen LogP contribution in [0.15, 0.2) is 0 Å². The van der Waals surface area contributed by atoms with Gasteiger partial charge in [-0.3, -0.25) is 0 Å². The van der Waals surface area contributed by atoms with Crippen molar-refractivity contribution in [3.8, 4) is 0 Å². The van der Waals surface area contributed by atoms with Crippen LogP contribution in [0.5, 0.6) is 0 Å². The van der Waals surface area contributed by atoms with Gasteiger partial charge in [0.1, 0.15) is 5.60 Å². The average molecular weight is 282 g/mol. The van der Waals surface area contributed by atoms with Gasteiger partial charge < -0.3 is 20.3 Å². The molecule has 1 rings (SSSR count). The Balaban J connectivity index is 0.00000289. The first-order valence-corrected chi connectivity index (χ1v) is 6.23. The normalized spacial score (nSPS) is 16.6. The van der Waals surface area contributed by atoms with Crippen LogP contribution < -0.4 is 5.73 Å². The van der Waals surface area contributed by atoms with E-state index in [0.29, 0.717) is 24.7 Å².